The molecule has 0 saturated carbocycles. The maximum Gasteiger partial charge on any atom is 0.472 e. The highest BCUT2D eigenvalue weighted by atomic mass is 31.2. The first-order chi connectivity index (χ1) is 50.6. The average molecular weight is 1520 g/mol. The third-order valence-electron chi connectivity index (χ3n) is 20.4. The minimum Gasteiger partial charge on any atom is -0.462 e. The Labute approximate surface area is 638 Å². The van der Waals surface area contributed by atoms with Gasteiger partial charge in [-0.3, -0.25) is 37.3 Å². The van der Waals surface area contributed by atoms with Crippen LogP contribution < -0.4 is 0 Å². The van der Waals surface area contributed by atoms with Crippen molar-refractivity contribution < 1.29 is 80.2 Å². The van der Waals surface area contributed by atoms with Crippen molar-refractivity contribution in [3.8, 4) is 0 Å². The number of unbranched alkanes of at least 4 members (excludes halogenated alkanes) is 56. The summed E-state index contributed by atoms with van der Waals surface area (Å²) in [6.07, 6.45) is 70.8. The largest absolute Gasteiger partial charge is 0.472 e. The summed E-state index contributed by atoms with van der Waals surface area (Å²) in [5.41, 5.74) is 0. The quantitative estimate of drug-likeness (QED) is 0.0222. The van der Waals surface area contributed by atoms with Crippen LogP contribution in [0.3, 0.4) is 0 Å². The molecule has 0 saturated heterocycles. The van der Waals surface area contributed by atoms with E-state index >= 15 is 0 Å². The number of rotatable bonds is 85. The van der Waals surface area contributed by atoms with Gasteiger partial charge in [0.2, 0.25) is 0 Å². The van der Waals surface area contributed by atoms with Gasteiger partial charge in [0.05, 0.1) is 26.4 Å². The van der Waals surface area contributed by atoms with E-state index in [1.807, 2.05) is 0 Å². The number of hydrogen-bond donors (Lipinski definition) is 3. The van der Waals surface area contributed by atoms with E-state index in [1.54, 1.807) is 0 Å². The van der Waals surface area contributed by atoms with Crippen molar-refractivity contribution in [2.24, 2.45) is 5.92 Å². The Morgan fingerprint density at radius 1 is 0.269 bits per heavy atom. The van der Waals surface area contributed by atoms with E-state index in [2.05, 4.69) is 34.6 Å². The predicted molar refractivity (Wildman–Crippen MR) is 428 cm³/mol. The van der Waals surface area contributed by atoms with Crippen LogP contribution in [0.4, 0.5) is 0 Å². The van der Waals surface area contributed by atoms with Gasteiger partial charge < -0.3 is 33.8 Å². The summed E-state index contributed by atoms with van der Waals surface area (Å²) in [6.45, 7) is 7.41. The Kier molecular flexibility index (Phi) is 76.3. The lowest BCUT2D eigenvalue weighted by molar-refractivity contribution is -0.161. The van der Waals surface area contributed by atoms with E-state index < -0.39 is 97.5 Å². The predicted octanol–water partition coefficient (Wildman–Crippen LogP) is 26.0. The summed E-state index contributed by atoms with van der Waals surface area (Å²) in [5, 5.41) is 10.7. The van der Waals surface area contributed by atoms with Crippen molar-refractivity contribution in [1.29, 1.82) is 0 Å². The van der Waals surface area contributed by atoms with Gasteiger partial charge in [0.1, 0.15) is 19.3 Å². The standard InChI is InChI=1S/C85H166O17P2/c1-6-10-13-16-19-22-24-26-28-32-37-40-44-49-54-59-64-69-83(88)96-75-81(102-85(90)71-66-61-56-51-46-42-38-34-31-30-33-35-39-43-48-52-57-62-67-78(5)9-4)77-100-104(93,94)98-73-79(86)72-97-103(91,92)99-76-80(74-95-82(87)68-63-58-53-47-21-18-15-12-8-3)101-84(89)70-65-60-55-50-45-41-36-29-27-25-23-20-17-14-11-7-2/h78-81,86H,6-77H2,1-5H3,(H,91,92)(H,93,94)/t78?,79-,80+,81+/m0/s1. The topological polar surface area (TPSA) is 237 Å². The molecule has 17 nitrogen and oxygen atoms in total. The zero-order chi connectivity index (χ0) is 76.2. The summed E-state index contributed by atoms with van der Waals surface area (Å²) < 4.78 is 68.8. The molecule has 104 heavy (non-hydrogen) atoms. The van der Waals surface area contributed by atoms with Gasteiger partial charge in [-0.2, -0.15) is 0 Å². The number of ether oxygens (including phenoxy) is 4. The summed E-state index contributed by atoms with van der Waals surface area (Å²) in [4.78, 5) is 73.1. The molecule has 0 aliphatic heterocycles. The Bertz CT molecular complexity index is 1980. The average Bonchev–Trinajstić information content (AvgIpc) is 0.919. The zero-order valence-electron chi connectivity index (χ0n) is 68.2. The minimum atomic E-state index is -4.96. The van der Waals surface area contributed by atoms with E-state index in [4.69, 9.17) is 37.0 Å². The molecule has 6 atom stereocenters. The highest BCUT2D eigenvalue weighted by Gasteiger charge is 2.30. The highest BCUT2D eigenvalue weighted by Crippen LogP contribution is 2.45. The number of phosphoric ester groups is 2. The first-order valence-electron chi connectivity index (χ1n) is 44.2. The van der Waals surface area contributed by atoms with Crippen molar-refractivity contribution in [2.45, 2.75) is 477 Å². The summed E-state index contributed by atoms with van der Waals surface area (Å²) in [7, 11) is -9.92. The molecule has 0 bridgehead atoms. The second-order valence-corrected chi connectivity index (χ2v) is 33.7. The van der Waals surface area contributed by atoms with Gasteiger partial charge in [-0.15, -0.1) is 0 Å². The van der Waals surface area contributed by atoms with Crippen LogP contribution in [-0.4, -0.2) is 96.7 Å². The zero-order valence-corrected chi connectivity index (χ0v) is 70.0. The van der Waals surface area contributed by atoms with Gasteiger partial charge >= 0.3 is 39.5 Å². The van der Waals surface area contributed by atoms with Crippen molar-refractivity contribution in [3.63, 3.8) is 0 Å². The fraction of sp³-hybridized carbons (Fsp3) is 0.953. The van der Waals surface area contributed by atoms with Crippen LogP contribution in [-0.2, 0) is 65.4 Å². The number of esters is 4. The van der Waals surface area contributed by atoms with E-state index in [1.165, 1.54) is 283 Å². The van der Waals surface area contributed by atoms with Crippen molar-refractivity contribution in [2.75, 3.05) is 39.6 Å². The number of aliphatic hydroxyl groups is 1. The Morgan fingerprint density at radius 3 is 0.683 bits per heavy atom. The van der Waals surface area contributed by atoms with Crippen molar-refractivity contribution in [3.05, 3.63) is 0 Å². The molecule has 3 unspecified atom stereocenters. The van der Waals surface area contributed by atoms with Gasteiger partial charge in [-0.05, 0) is 31.6 Å². The third kappa shape index (κ3) is 76.8. The number of phosphoric acid groups is 2. The maximum atomic E-state index is 13.1. The lowest BCUT2D eigenvalue weighted by Gasteiger charge is -2.21. The first-order valence-corrected chi connectivity index (χ1v) is 47.2. The number of hydrogen-bond acceptors (Lipinski definition) is 15. The SMILES string of the molecule is CCCCCCCCCCCCCCCCCCCC(=O)OC[C@H](COP(=O)(O)OC[C@@H](O)COP(=O)(O)OC[C@@H](COC(=O)CCCCCCCCCCC)OC(=O)CCCCCCCCCCCCCCCCCC)OC(=O)CCCCCCCCCCCCCCCCCCCCC(C)CC. The van der Waals surface area contributed by atoms with Gasteiger partial charge in [0.15, 0.2) is 12.2 Å². The van der Waals surface area contributed by atoms with Crippen molar-refractivity contribution in [1.82, 2.24) is 0 Å². The fourth-order valence-corrected chi connectivity index (χ4v) is 14.8. The molecular formula is C85H166O17P2. The van der Waals surface area contributed by atoms with Crippen LogP contribution in [0.2, 0.25) is 0 Å². The molecule has 3 N–H and O–H groups in total. The van der Waals surface area contributed by atoms with E-state index in [-0.39, 0.29) is 25.7 Å². The summed E-state index contributed by atoms with van der Waals surface area (Å²) >= 11 is 0. The van der Waals surface area contributed by atoms with Crippen LogP contribution in [0, 0.1) is 5.92 Å². The normalized spacial score (nSPS) is 14.0. The van der Waals surface area contributed by atoms with Gasteiger partial charge in [-0.1, -0.05) is 407 Å². The second-order valence-electron chi connectivity index (χ2n) is 30.8. The maximum absolute atomic E-state index is 13.1. The minimum absolute atomic E-state index is 0.109. The molecule has 0 aromatic carbocycles. The van der Waals surface area contributed by atoms with E-state index in [0.717, 1.165) is 95.8 Å². The Hall–Kier alpha value is -1.94. The molecule has 0 aromatic heterocycles. The van der Waals surface area contributed by atoms with Gasteiger partial charge in [0, 0.05) is 25.7 Å². The number of carbonyl (C=O) groups excluding carboxylic acids is 4. The van der Waals surface area contributed by atoms with Crippen LogP contribution in [0.1, 0.15) is 458 Å². The lowest BCUT2D eigenvalue weighted by Crippen LogP contribution is -2.30. The fourth-order valence-electron chi connectivity index (χ4n) is 13.3. The van der Waals surface area contributed by atoms with Crippen molar-refractivity contribution >= 4 is 39.5 Å². The molecule has 19 heteroatoms. The molecule has 0 aliphatic carbocycles. The van der Waals surface area contributed by atoms with E-state index in [0.29, 0.717) is 25.7 Å². The van der Waals surface area contributed by atoms with E-state index in [9.17, 15) is 43.2 Å². The van der Waals surface area contributed by atoms with Crippen LogP contribution in [0.15, 0.2) is 0 Å². The highest BCUT2D eigenvalue weighted by molar-refractivity contribution is 7.47. The molecule has 618 valence electrons. The number of carbonyl (C=O) groups is 4. The van der Waals surface area contributed by atoms with Gasteiger partial charge in [0.25, 0.3) is 0 Å². The smallest absolute Gasteiger partial charge is 0.462 e. The summed E-state index contributed by atoms with van der Waals surface area (Å²) in [5.74, 6) is -1.23. The molecule has 0 heterocycles. The van der Waals surface area contributed by atoms with Crippen LogP contribution in [0.25, 0.3) is 0 Å². The molecule has 0 radical (unpaired) electrons. The van der Waals surface area contributed by atoms with Gasteiger partial charge in [-0.25, -0.2) is 9.13 Å². The summed E-state index contributed by atoms with van der Waals surface area (Å²) in [6, 6.07) is 0. The third-order valence-corrected chi connectivity index (χ3v) is 22.3. The second kappa shape index (κ2) is 77.8. The molecule has 0 spiro atoms. The molecule has 0 rings (SSSR count). The first kappa shape index (κ1) is 102. The molecular weight excluding hydrogens is 1350 g/mol. The molecule has 0 amide bonds. The number of aliphatic hydroxyl groups excluding tert-OH is 1. The molecule has 0 aliphatic rings. The Balaban J connectivity index is 5.20. The molecule has 0 aromatic rings. The molecule has 0 fully saturated rings. The lowest BCUT2D eigenvalue weighted by atomic mass is 9.99. The Morgan fingerprint density at radius 2 is 0.462 bits per heavy atom. The monoisotopic (exact) mass is 1520 g/mol. The van der Waals surface area contributed by atoms with Crippen LogP contribution >= 0.6 is 15.6 Å². The van der Waals surface area contributed by atoms with Crippen LogP contribution in [0.5, 0.6) is 0 Å².